The number of benzene rings is 2. The molecular weight excluding hydrogens is 388 g/mol. The highest BCUT2D eigenvalue weighted by atomic mass is 35.5. The summed E-state index contributed by atoms with van der Waals surface area (Å²) in [5.74, 6) is -3.67. The third-order valence-corrected chi connectivity index (χ3v) is 5.89. The Bertz CT molecular complexity index is 1050. The van der Waals surface area contributed by atoms with Crippen molar-refractivity contribution in [2.45, 2.75) is 11.3 Å². The maximum Gasteiger partial charge on any atom is 0.255 e. The summed E-state index contributed by atoms with van der Waals surface area (Å²) in [5.41, 5.74) is -0.631. The van der Waals surface area contributed by atoms with Gasteiger partial charge in [-0.05, 0) is 36.8 Å². The van der Waals surface area contributed by atoms with Gasteiger partial charge in [0, 0.05) is 16.7 Å². The number of amides is 1. The van der Waals surface area contributed by atoms with Crippen LogP contribution < -0.4 is 5.32 Å². The number of nitrogens with one attached hydrogen (secondary N) is 1. The second-order valence-electron chi connectivity index (χ2n) is 5.61. The molecule has 0 radical (unpaired) electrons. The van der Waals surface area contributed by atoms with E-state index in [0.29, 0.717) is 6.07 Å². The van der Waals surface area contributed by atoms with Crippen LogP contribution in [0.25, 0.3) is 5.76 Å². The highest BCUT2D eigenvalue weighted by Gasteiger charge is 2.30. The van der Waals surface area contributed by atoms with Crippen molar-refractivity contribution in [3.05, 3.63) is 64.2 Å². The third kappa shape index (κ3) is 3.42. The summed E-state index contributed by atoms with van der Waals surface area (Å²) in [6, 6.07) is 6.43. The topological polar surface area (TPSA) is 83.5 Å². The van der Waals surface area contributed by atoms with E-state index in [4.69, 9.17) is 11.6 Å². The molecular formula is C17H12ClF2NO4S. The molecule has 1 aliphatic heterocycles. The minimum atomic E-state index is -3.75. The van der Waals surface area contributed by atoms with E-state index in [0.717, 1.165) is 12.1 Å². The third-order valence-electron chi connectivity index (χ3n) is 3.89. The number of sulfone groups is 1. The number of fused-ring (bicyclic) bond motifs is 1. The number of aliphatic hydroxyl groups excluding tert-OH is 1. The van der Waals surface area contributed by atoms with Gasteiger partial charge in [0.25, 0.3) is 5.91 Å². The quantitative estimate of drug-likeness (QED) is 0.806. The van der Waals surface area contributed by atoms with Crippen LogP contribution >= 0.6 is 11.6 Å². The van der Waals surface area contributed by atoms with Crippen molar-refractivity contribution in [1.29, 1.82) is 0 Å². The van der Waals surface area contributed by atoms with Crippen molar-refractivity contribution >= 4 is 38.8 Å². The molecule has 9 heteroatoms. The van der Waals surface area contributed by atoms with E-state index in [9.17, 15) is 27.1 Å². The normalized spacial score (nSPS) is 16.0. The van der Waals surface area contributed by atoms with Gasteiger partial charge in [-0.15, -0.1) is 0 Å². The number of anilines is 1. The minimum absolute atomic E-state index is 0.0975. The lowest BCUT2D eigenvalue weighted by Crippen LogP contribution is -2.18. The summed E-state index contributed by atoms with van der Waals surface area (Å²) >= 11 is 5.87. The van der Waals surface area contributed by atoms with E-state index in [1.165, 1.54) is 18.2 Å². The van der Waals surface area contributed by atoms with Gasteiger partial charge in [-0.3, -0.25) is 4.79 Å². The van der Waals surface area contributed by atoms with Crippen molar-refractivity contribution < 1.29 is 27.1 Å². The van der Waals surface area contributed by atoms with Crippen molar-refractivity contribution in [3.63, 3.8) is 0 Å². The van der Waals surface area contributed by atoms with Crippen LogP contribution in [0.4, 0.5) is 14.5 Å². The van der Waals surface area contributed by atoms with Gasteiger partial charge < -0.3 is 10.4 Å². The zero-order valence-electron chi connectivity index (χ0n) is 13.1. The van der Waals surface area contributed by atoms with Crippen molar-refractivity contribution in [2.24, 2.45) is 0 Å². The fraction of sp³-hybridized carbons (Fsp3) is 0.118. The molecule has 2 aromatic carbocycles. The van der Waals surface area contributed by atoms with Gasteiger partial charge in [-0.1, -0.05) is 11.6 Å². The smallest absolute Gasteiger partial charge is 0.255 e. The van der Waals surface area contributed by atoms with E-state index in [1.807, 2.05) is 0 Å². The molecule has 0 bridgehead atoms. The van der Waals surface area contributed by atoms with Crippen molar-refractivity contribution in [1.82, 2.24) is 0 Å². The number of halogens is 3. The van der Waals surface area contributed by atoms with Crippen LogP contribution in [-0.4, -0.2) is 25.2 Å². The SMILES string of the molecule is O=C(Nc1ccc(F)cc1F)C1=C(O)c2cc(Cl)ccc2S(=O)(=O)CC1. The molecule has 0 aliphatic carbocycles. The molecule has 5 nitrogen and oxygen atoms in total. The molecule has 136 valence electrons. The summed E-state index contributed by atoms with van der Waals surface area (Å²) in [5, 5.41) is 12.9. The van der Waals surface area contributed by atoms with Crippen LogP contribution in [0.3, 0.4) is 0 Å². The first-order chi connectivity index (χ1) is 12.2. The lowest BCUT2D eigenvalue weighted by Gasteiger charge is -2.10. The predicted octanol–water partition coefficient (Wildman–Crippen LogP) is 3.70. The Morgan fingerprint density at radius 3 is 2.58 bits per heavy atom. The van der Waals surface area contributed by atoms with Crippen molar-refractivity contribution in [3.8, 4) is 0 Å². The fourth-order valence-electron chi connectivity index (χ4n) is 2.60. The Morgan fingerprint density at radius 2 is 1.88 bits per heavy atom. The molecule has 2 aromatic rings. The molecule has 1 aliphatic rings. The van der Waals surface area contributed by atoms with Gasteiger partial charge in [0.15, 0.2) is 9.84 Å². The Kier molecular flexibility index (Phi) is 4.72. The highest BCUT2D eigenvalue weighted by Crippen LogP contribution is 2.33. The summed E-state index contributed by atoms with van der Waals surface area (Å²) in [6.45, 7) is 0. The maximum atomic E-state index is 13.7. The molecule has 0 atom stereocenters. The van der Waals surface area contributed by atoms with Gasteiger partial charge in [0.2, 0.25) is 0 Å². The summed E-state index contributed by atoms with van der Waals surface area (Å²) in [6.07, 6.45) is -0.283. The van der Waals surface area contributed by atoms with Gasteiger partial charge in [0.1, 0.15) is 17.4 Å². The molecule has 1 heterocycles. The molecule has 0 saturated heterocycles. The van der Waals surface area contributed by atoms with Gasteiger partial charge in [-0.25, -0.2) is 17.2 Å². The first-order valence-electron chi connectivity index (χ1n) is 7.40. The Morgan fingerprint density at radius 1 is 1.15 bits per heavy atom. The fourth-order valence-corrected chi connectivity index (χ4v) is 4.23. The molecule has 0 spiro atoms. The summed E-state index contributed by atoms with van der Waals surface area (Å²) in [4.78, 5) is 12.3. The molecule has 0 saturated carbocycles. The number of hydrogen-bond donors (Lipinski definition) is 2. The average molecular weight is 400 g/mol. The molecule has 1 amide bonds. The van der Waals surface area contributed by atoms with Crippen molar-refractivity contribution in [2.75, 3.05) is 11.1 Å². The van der Waals surface area contributed by atoms with E-state index < -0.39 is 38.9 Å². The van der Waals surface area contributed by atoms with Crippen LogP contribution in [0.2, 0.25) is 5.02 Å². The van der Waals surface area contributed by atoms with Crippen LogP contribution in [0, 0.1) is 11.6 Å². The van der Waals surface area contributed by atoms with Gasteiger partial charge >= 0.3 is 0 Å². The van der Waals surface area contributed by atoms with Crippen LogP contribution in [0.5, 0.6) is 0 Å². The lowest BCUT2D eigenvalue weighted by atomic mass is 10.1. The first kappa shape index (κ1) is 18.3. The molecule has 2 N–H and O–H groups in total. The maximum absolute atomic E-state index is 13.7. The first-order valence-corrected chi connectivity index (χ1v) is 9.43. The number of rotatable bonds is 2. The molecule has 0 aromatic heterocycles. The Balaban J connectivity index is 2.04. The summed E-state index contributed by atoms with van der Waals surface area (Å²) in [7, 11) is -3.75. The van der Waals surface area contributed by atoms with Crippen LogP contribution in [-0.2, 0) is 14.6 Å². The van der Waals surface area contributed by atoms with E-state index in [2.05, 4.69) is 5.32 Å². The number of carbonyl (C=O) groups is 1. The molecule has 3 rings (SSSR count). The monoisotopic (exact) mass is 399 g/mol. The zero-order valence-corrected chi connectivity index (χ0v) is 14.7. The van der Waals surface area contributed by atoms with E-state index in [1.54, 1.807) is 0 Å². The zero-order chi connectivity index (χ0) is 19.1. The number of aliphatic hydroxyl groups is 1. The predicted molar refractivity (Wildman–Crippen MR) is 92.7 cm³/mol. The Hall–Kier alpha value is -2.45. The number of carbonyl (C=O) groups excluding carboxylic acids is 1. The average Bonchev–Trinajstić information content (AvgIpc) is 2.65. The number of hydrogen-bond acceptors (Lipinski definition) is 4. The molecule has 0 unspecified atom stereocenters. The second kappa shape index (κ2) is 6.69. The molecule has 0 fully saturated rings. The van der Waals surface area contributed by atoms with Crippen LogP contribution in [0.15, 0.2) is 46.9 Å². The van der Waals surface area contributed by atoms with Gasteiger partial charge in [0.05, 0.1) is 21.9 Å². The lowest BCUT2D eigenvalue weighted by molar-refractivity contribution is -0.113. The standard InChI is InChI=1S/C17H12ClF2NO4S/c18-9-1-4-15-12(7-9)16(22)11(5-6-26(15,24)25)17(23)21-14-3-2-10(19)8-13(14)20/h1-4,7-8,22H,5-6H2,(H,21,23). The second-order valence-corrected chi connectivity index (χ2v) is 8.13. The minimum Gasteiger partial charge on any atom is -0.507 e. The molecule has 26 heavy (non-hydrogen) atoms. The summed E-state index contributed by atoms with van der Waals surface area (Å²) < 4.78 is 51.4. The Labute approximate surface area is 152 Å². The largest absolute Gasteiger partial charge is 0.507 e. The van der Waals surface area contributed by atoms with E-state index in [-0.39, 0.29) is 33.2 Å². The van der Waals surface area contributed by atoms with Crippen LogP contribution in [0.1, 0.15) is 12.0 Å². The van der Waals surface area contributed by atoms with E-state index >= 15 is 0 Å². The highest BCUT2D eigenvalue weighted by molar-refractivity contribution is 7.91. The van der Waals surface area contributed by atoms with Gasteiger partial charge in [-0.2, -0.15) is 0 Å².